The van der Waals surface area contributed by atoms with Gasteiger partial charge in [0, 0.05) is 38.1 Å². The maximum atomic E-state index is 11.8. The zero-order valence-corrected chi connectivity index (χ0v) is 14.9. The molecule has 0 saturated carbocycles. The summed E-state index contributed by atoms with van der Waals surface area (Å²) in [6.45, 7) is 6.48. The van der Waals surface area contributed by atoms with Crippen molar-refractivity contribution in [1.29, 1.82) is 0 Å². The molecule has 0 spiro atoms. The Morgan fingerprint density at radius 1 is 1.19 bits per heavy atom. The lowest BCUT2D eigenvalue weighted by atomic mass is 10.2. The van der Waals surface area contributed by atoms with Crippen LogP contribution in [0.3, 0.4) is 0 Å². The summed E-state index contributed by atoms with van der Waals surface area (Å²) in [5.41, 5.74) is 2.43. The van der Waals surface area contributed by atoms with E-state index in [2.05, 4.69) is 25.1 Å². The Kier molecular flexibility index (Phi) is 4.71. The molecule has 3 heterocycles. The van der Waals surface area contributed by atoms with E-state index in [4.69, 9.17) is 4.42 Å². The van der Waals surface area contributed by atoms with Crippen LogP contribution in [0.2, 0.25) is 0 Å². The summed E-state index contributed by atoms with van der Waals surface area (Å²) in [5, 5.41) is 3.88. The second-order valence-corrected chi connectivity index (χ2v) is 6.54. The number of furan rings is 1. The monoisotopic (exact) mass is 353 g/mol. The van der Waals surface area contributed by atoms with Crippen molar-refractivity contribution in [1.82, 2.24) is 20.2 Å². The van der Waals surface area contributed by atoms with Crippen LogP contribution in [0, 0.1) is 0 Å². The molecule has 0 atom stereocenters. The van der Waals surface area contributed by atoms with E-state index in [0.29, 0.717) is 13.1 Å². The van der Waals surface area contributed by atoms with Gasteiger partial charge in [-0.2, -0.15) is 0 Å². The Morgan fingerprint density at radius 3 is 2.96 bits per heavy atom. The summed E-state index contributed by atoms with van der Waals surface area (Å²) in [7, 11) is 0. The first kappa shape index (κ1) is 16.8. The number of aromatic nitrogens is 2. The van der Waals surface area contributed by atoms with E-state index in [9.17, 15) is 4.79 Å². The van der Waals surface area contributed by atoms with E-state index in [0.717, 1.165) is 60.5 Å². The van der Waals surface area contributed by atoms with Crippen LogP contribution in [0.4, 0.5) is 5.82 Å². The van der Waals surface area contributed by atoms with Gasteiger partial charge in [0.25, 0.3) is 0 Å². The molecular formula is C19H23N5O2. The van der Waals surface area contributed by atoms with Crippen LogP contribution in [0.15, 0.2) is 35.0 Å². The lowest BCUT2D eigenvalue weighted by molar-refractivity contribution is -0.122. The normalized spacial score (nSPS) is 16.1. The number of anilines is 1. The quantitative estimate of drug-likeness (QED) is 0.774. The summed E-state index contributed by atoms with van der Waals surface area (Å²) in [6, 6.07) is 7.93. The Labute approximate surface area is 152 Å². The second-order valence-electron chi connectivity index (χ2n) is 6.54. The number of carbonyl (C=O) groups excluding carboxylic acids is 1. The van der Waals surface area contributed by atoms with Crippen LogP contribution < -0.4 is 10.2 Å². The average Bonchev–Trinajstić information content (AvgIpc) is 2.88. The standard InChI is InChI=1S/C19H23N5O2/c1-2-20-16(25)12-23-8-5-9-24(11-10-23)19-18-17(21-13-22-19)14-6-3-4-7-15(14)26-18/h3-4,6-7,13H,2,5,8-12H2,1H3,(H,20,25). The number of para-hydroxylation sites is 1. The minimum atomic E-state index is 0.0858. The Morgan fingerprint density at radius 2 is 2.08 bits per heavy atom. The first-order valence-corrected chi connectivity index (χ1v) is 9.12. The molecule has 136 valence electrons. The van der Waals surface area contributed by atoms with Crippen LogP contribution in [-0.4, -0.2) is 60.0 Å². The summed E-state index contributed by atoms with van der Waals surface area (Å²) in [4.78, 5) is 25.2. The molecule has 7 nitrogen and oxygen atoms in total. The Hall–Kier alpha value is -2.67. The van der Waals surface area contributed by atoms with Gasteiger partial charge in [0.1, 0.15) is 17.4 Å². The Bertz CT molecular complexity index is 923. The number of hydrogen-bond donors (Lipinski definition) is 1. The van der Waals surface area contributed by atoms with Gasteiger partial charge in [-0.05, 0) is 25.5 Å². The number of rotatable bonds is 4. The molecule has 1 aromatic carbocycles. The zero-order valence-electron chi connectivity index (χ0n) is 14.9. The maximum absolute atomic E-state index is 11.8. The summed E-state index contributed by atoms with van der Waals surface area (Å²) < 4.78 is 6.06. The highest BCUT2D eigenvalue weighted by Gasteiger charge is 2.22. The molecule has 26 heavy (non-hydrogen) atoms. The average molecular weight is 353 g/mol. The molecule has 0 bridgehead atoms. The van der Waals surface area contributed by atoms with Crippen molar-refractivity contribution in [2.75, 3.05) is 44.2 Å². The van der Waals surface area contributed by atoms with E-state index in [1.54, 1.807) is 6.33 Å². The molecule has 1 saturated heterocycles. The third kappa shape index (κ3) is 3.22. The summed E-state index contributed by atoms with van der Waals surface area (Å²) in [6.07, 6.45) is 2.59. The first-order chi connectivity index (χ1) is 12.8. The van der Waals surface area contributed by atoms with E-state index in [-0.39, 0.29) is 5.91 Å². The second kappa shape index (κ2) is 7.29. The minimum Gasteiger partial charge on any atom is -0.450 e. The topological polar surface area (TPSA) is 74.5 Å². The lowest BCUT2D eigenvalue weighted by Crippen LogP contribution is -2.39. The van der Waals surface area contributed by atoms with Gasteiger partial charge in [-0.15, -0.1) is 0 Å². The number of hydrogen-bond acceptors (Lipinski definition) is 6. The van der Waals surface area contributed by atoms with E-state index >= 15 is 0 Å². The molecule has 1 aliphatic heterocycles. The SMILES string of the molecule is CCNC(=O)CN1CCCN(c2ncnc3c2oc2ccccc23)CC1. The highest BCUT2D eigenvalue weighted by Crippen LogP contribution is 2.32. The number of amides is 1. The van der Waals surface area contributed by atoms with Crippen LogP contribution in [0.1, 0.15) is 13.3 Å². The molecule has 0 aliphatic carbocycles. The van der Waals surface area contributed by atoms with Gasteiger partial charge >= 0.3 is 0 Å². The number of likely N-dealkylation sites (N-methyl/N-ethyl adjacent to an activating group) is 1. The molecule has 1 N–H and O–H groups in total. The van der Waals surface area contributed by atoms with Gasteiger partial charge in [0.15, 0.2) is 11.4 Å². The molecule has 1 amide bonds. The maximum Gasteiger partial charge on any atom is 0.234 e. The third-order valence-corrected chi connectivity index (χ3v) is 4.77. The van der Waals surface area contributed by atoms with Crippen molar-refractivity contribution in [2.24, 2.45) is 0 Å². The molecule has 4 rings (SSSR count). The predicted octanol–water partition coefficient (Wildman–Crippen LogP) is 2.02. The van der Waals surface area contributed by atoms with Crippen molar-refractivity contribution in [3.63, 3.8) is 0 Å². The Balaban J connectivity index is 1.57. The summed E-state index contributed by atoms with van der Waals surface area (Å²) >= 11 is 0. The van der Waals surface area contributed by atoms with Crippen molar-refractivity contribution in [3.05, 3.63) is 30.6 Å². The lowest BCUT2D eigenvalue weighted by Gasteiger charge is -2.22. The van der Waals surface area contributed by atoms with Crippen molar-refractivity contribution >= 4 is 33.8 Å². The highest BCUT2D eigenvalue weighted by atomic mass is 16.3. The van der Waals surface area contributed by atoms with Gasteiger partial charge in [0.2, 0.25) is 5.91 Å². The fourth-order valence-electron chi connectivity index (χ4n) is 3.53. The molecule has 0 radical (unpaired) electrons. The fraction of sp³-hybridized carbons (Fsp3) is 0.421. The van der Waals surface area contributed by atoms with Gasteiger partial charge in [-0.1, -0.05) is 12.1 Å². The first-order valence-electron chi connectivity index (χ1n) is 9.12. The van der Waals surface area contributed by atoms with Crippen molar-refractivity contribution < 1.29 is 9.21 Å². The van der Waals surface area contributed by atoms with Gasteiger partial charge in [-0.3, -0.25) is 9.69 Å². The number of nitrogens with one attached hydrogen (secondary N) is 1. The molecule has 3 aromatic rings. The van der Waals surface area contributed by atoms with Crippen LogP contribution in [0.25, 0.3) is 22.1 Å². The van der Waals surface area contributed by atoms with Crippen LogP contribution in [0.5, 0.6) is 0 Å². The van der Waals surface area contributed by atoms with Crippen LogP contribution >= 0.6 is 0 Å². The molecule has 1 aliphatic rings. The van der Waals surface area contributed by atoms with E-state index < -0.39 is 0 Å². The largest absolute Gasteiger partial charge is 0.450 e. The minimum absolute atomic E-state index is 0.0858. The van der Waals surface area contributed by atoms with Crippen LogP contribution in [-0.2, 0) is 4.79 Å². The molecule has 1 fully saturated rings. The van der Waals surface area contributed by atoms with Crippen molar-refractivity contribution in [2.45, 2.75) is 13.3 Å². The van der Waals surface area contributed by atoms with E-state index in [1.165, 1.54) is 0 Å². The van der Waals surface area contributed by atoms with Gasteiger partial charge in [-0.25, -0.2) is 9.97 Å². The predicted molar refractivity (Wildman–Crippen MR) is 101 cm³/mol. The molecule has 2 aromatic heterocycles. The van der Waals surface area contributed by atoms with Crippen molar-refractivity contribution in [3.8, 4) is 0 Å². The smallest absolute Gasteiger partial charge is 0.234 e. The number of benzene rings is 1. The fourth-order valence-corrected chi connectivity index (χ4v) is 3.53. The molecule has 0 unspecified atom stereocenters. The highest BCUT2D eigenvalue weighted by molar-refractivity contribution is 6.05. The number of nitrogens with zero attached hydrogens (tertiary/aromatic N) is 4. The van der Waals surface area contributed by atoms with E-state index in [1.807, 2.05) is 31.2 Å². The zero-order chi connectivity index (χ0) is 17.9. The molecule has 7 heteroatoms. The summed E-state index contributed by atoms with van der Waals surface area (Å²) in [5.74, 6) is 0.925. The van der Waals surface area contributed by atoms with Gasteiger partial charge < -0.3 is 14.6 Å². The number of fused-ring (bicyclic) bond motifs is 3. The number of carbonyl (C=O) groups is 1. The molecular weight excluding hydrogens is 330 g/mol. The van der Waals surface area contributed by atoms with Gasteiger partial charge in [0.05, 0.1) is 6.54 Å². The third-order valence-electron chi connectivity index (χ3n) is 4.77.